The van der Waals surface area contributed by atoms with Crippen molar-refractivity contribution in [3.05, 3.63) is 12.2 Å². The number of allylic oxidation sites excluding steroid dienone is 2. The summed E-state index contributed by atoms with van der Waals surface area (Å²) in [6.45, 7) is 4.26. The SMILES string of the molecule is CCCCCCCCCC/C=C\CCCCCCCCCCCCCC(=O)OC(CC)CCCC(=O)O. The highest BCUT2D eigenvalue weighted by Crippen LogP contribution is 2.15. The van der Waals surface area contributed by atoms with Crippen molar-refractivity contribution < 1.29 is 19.4 Å². The Morgan fingerprint density at radius 1 is 0.595 bits per heavy atom. The molecule has 0 spiro atoms. The smallest absolute Gasteiger partial charge is 0.306 e. The van der Waals surface area contributed by atoms with Crippen LogP contribution < -0.4 is 0 Å². The van der Waals surface area contributed by atoms with Gasteiger partial charge in [-0.25, -0.2) is 0 Å². The molecule has 0 aromatic heterocycles. The van der Waals surface area contributed by atoms with Crippen molar-refractivity contribution in [3.63, 3.8) is 0 Å². The highest BCUT2D eigenvalue weighted by molar-refractivity contribution is 5.69. The Kier molecular flexibility index (Phi) is 28.2. The van der Waals surface area contributed by atoms with E-state index < -0.39 is 5.97 Å². The van der Waals surface area contributed by atoms with E-state index in [1.54, 1.807) is 0 Å². The monoisotopic (exact) mass is 522 g/mol. The second-order valence-corrected chi connectivity index (χ2v) is 11.0. The minimum atomic E-state index is -0.788. The molecular formula is C33H62O4. The minimum Gasteiger partial charge on any atom is -0.481 e. The molecule has 4 heteroatoms. The molecule has 0 aromatic carbocycles. The average Bonchev–Trinajstić information content (AvgIpc) is 2.88. The zero-order chi connectivity index (χ0) is 27.2. The summed E-state index contributed by atoms with van der Waals surface area (Å²) in [5, 5.41) is 8.72. The third kappa shape index (κ3) is 29.1. The topological polar surface area (TPSA) is 63.6 Å². The van der Waals surface area contributed by atoms with Crippen LogP contribution in [0.2, 0.25) is 0 Å². The maximum Gasteiger partial charge on any atom is 0.306 e. The normalized spacial score (nSPS) is 12.3. The second kappa shape index (κ2) is 29.2. The molecule has 4 nitrogen and oxygen atoms in total. The number of unbranched alkanes of at least 4 members (excludes halogenated alkanes) is 19. The molecule has 0 radical (unpaired) electrons. The van der Waals surface area contributed by atoms with Gasteiger partial charge in [0.25, 0.3) is 0 Å². The van der Waals surface area contributed by atoms with Crippen LogP contribution in [0.5, 0.6) is 0 Å². The molecule has 0 fully saturated rings. The molecule has 37 heavy (non-hydrogen) atoms. The molecule has 0 saturated heterocycles. The van der Waals surface area contributed by atoms with E-state index in [-0.39, 0.29) is 18.5 Å². The van der Waals surface area contributed by atoms with Crippen LogP contribution in [0.15, 0.2) is 12.2 Å². The van der Waals surface area contributed by atoms with Crippen LogP contribution in [-0.2, 0) is 14.3 Å². The quantitative estimate of drug-likeness (QED) is 0.0602. The van der Waals surface area contributed by atoms with Gasteiger partial charge >= 0.3 is 11.9 Å². The zero-order valence-electron chi connectivity index (χ0n) is 24.8. The molecular weight excluding hydrogens is 460 g/mol. The van der Waals surface area contributed by atoms with Gasteiger partial charge in [-0.3, -0.25) is 9.59 Å². The van der Waals surface area contributed by atoms with Gasteiger partial charge < -0.3 is 9.84 Å². The Bertz CT molecular complexity index is 528. The van der Waals surface area contributed by atoms with Crippen molar-refractivity contribution in [3.8, 4) is 0 Å². The Morgan fingerprint density at radius 2 is 1.03 bits per heavy atom. The van der Waals surface area contributed by atoms with Crippen molar-refractivity contribution in [2.75, 3.05) is 0 Å². The van der Waals surface area contributed by atoms with Crippen molar-refractivity contribution in [2.45, 2.75) is 187 Å². The van der Waals surface area contributed by atoms with Crippen molar-refractivity contribution in [2.24, 2.45) is 0 Å². The zero-order valence-corrected chi connectivity index (χ0v) is 24.8. The largest absolute Gasteiger partial charge is 0.481 e. The maximum atomic E-state index is 12.0. The van der Waals surface area contributed by atoms with Crippen LogP contribution in [0, 0.1) is 0 Å². The molecule has 0 rings (SSSR count). The Hall–Kier alpha value is -1.32. The van der Waals surface area contributed by atoms with Crippen LogP contribution in [0.1, 0.15) is 181 Å². The first-order chi connectivity index (χ1) is 18.1. The lowest BCUT2D eigenvalue weighted by molar-refractivity contribution is -0.149. The predicted molar refractivity (Wildman–Crippen MR) is 158 cm³/mol. The molecule has 0 aliphatic heterocycles. The number of rotatable bonds is 29. The van der Waals surface area contributed by atoms with E-state index in [2.05, 4.69) is 19.1 Å². The molecule has 0 saturated carbocycles. The number of esters is 1. The second-order valence-electron chi connectivity index (χ2n) is 11.0. The third-order valence-corrected chi connectivity index (χ3v) is 7.31. The number of ether oxygens (including phenoxy) is 1. The van der Waals surface area contributed by atoms with E-state index in [1.807, 2.05) is 6.92 Å². The Morgan fingerprint density at radius 3 is 1.46 bits per heavy atom. The number of hydrogen-bond donors (Lipinski definition) is 1. The van der Waals surface area contributed by atoms with Crippen LogP contribution in [0.3, 0.4) is 0 Å². The van der Waals surface area contributed by atoms with E-state index in [9.17, 15) is 9.59 Å². The summed E-state index contributed by atoms with van der Waals surface area (Å²) < 4.78 is 5.50. The summed E-state index contributed by atoms with van der Waals surface area (Å²) in [7, 11) is 0. The molecule has 1 atom stereocenters. The maximum absolute atomic E-state index is 12.0. The molecule has 0 bridgehead atoms. The summed E-state index contributed by atoms with van der Waals surface area (Å²) in [5.74, 6) is -0.912. The summed E-state index contributed by atoms with van der Waals surface area (Å²) in [4.78, 5) is 22.6. The summed E-state index contributed by atoms with van der Waals surface area (Å²) in [5.41, 5.74) is 0. The first-order valence-electron chi connectivity index (χ1n) is 16.2. The first-order valence-corrected chi connectivity index (χ1v) is 16.2. The van der Waals surface area contributed by atoms with Crippen molar-refractivity contribution in [1.82, 2.24) is 0 Å². The van der Waals surface area contributed by atoms with Gasteiger partial charge in [0.2, 0.25) is 0 Å². The van der Waals surface area contributed by atoms with Gasteiger partial charge in [0.15, 0.2) is 0 Å². The van der Waals surface area contributed by atoms with Crippen LogP contribution in [-0.4, -0.2) is 23.1 Å². The number of aliphatic carboxylic acids is 1. The lowest BCUT2D eigenvalue weighted by Gasteiger charge is -2.15. The van der Waals surface area contributed by atoms with Crippen LogP contribution >= 0.6 is 0 Å². The molecule has 1 unspecified atom stereocenters. The lowest BCUT2D eigenvalue weighted by Crippen LogP contribution is -2.17. The van der Waals surface area contributed by atoms with Crippen LogP contribution in [0.25, 0.3) is 0 Å². The fourth-order valence-corrected chi connectivity index (χ4v) is 4.83. The lowest BCUT2D eigenvalue weighted by atomic mass is 10.0. The average molecular weight is 523 g/mol. The summed E-state index contributed by atoms with van der Waals surface area (Å²) >= 11 is 0. The molecule has 0 aliphatic carbocycles. The first kappa shape index (κ1) is 35.7. The van der Waals surface area contributed by atoms with Gasteiger partial charge in [0, 0.05) is 12.8 Å². The van der Waals surface area contributed by atoms with E-state index in [1.165, 1.54) is 122 Å². The standard InChI is InChI=1S/C33H62O4/c1-3-5-6-7-8-9-10-11-12-13-14-15-16-17-18-19-20-21-22-23-24-25-26-30-33(36)37-31(4-2)28-27-29-32(34)35/h13-14,31H,3-12,15-30H2,1-2H3,(H,34,35)/b14-13-. The fourth-order valence-electron chi connectivity index (χ4n) is 4.83. The molecule has 0 amide bonds. The van der Waals surface area contributed by atoms with Gasteiger partial charge in [-0.1, -0.05) is 129 Å². The number of carbonyl (C=O) groups is 2. The van der Waals surface area contributed by atoms with E-state index >= 15 is 0 Å². The molecule has 0 aromatic rings. The highest BCUT2D eigenvalue weighted by Gasteiger charge is 2.13. The predicted octanol–water partition coefficient (Wildman–Crippen LogP) is 10.7. The van der Waals surface area contributed by atoms with Crippen molar-refractivity contribution >= 4 is 11.9 Å². The number of carboxylic acid groups (broad SMARTS) is 1. The number of hydrogen-bond acceptors (Lipinski definition) is 3. The van der Waals surface area contributed by atoms with Gasteiger partial charge in [-0.2, -0.15) is 0 Å². The fraction of sp³-hybridized carbons (Fsp3) is 0.879. The molecule has 218 valence electrons. The van der Waals surface area contributed by atoms with Gasteiger partial charge in [0.05, 0.1) is 0 Å². The summed E-state index contributed by atoms with van der Waals surface area (Å²) in [6, 6.07) is 0. The summed E-state index contributed by atoms with van der Waals surface area (Å²) in [6.07, 6.45) is 35.0. The van der Waals surface area contributed by atoms with E-state index in [0.29, 0.717) is 19.3 Å². The number of carboxylic acids is 1. The highest BCUT2D eigenvalue weighted by atomic mass is 16.5. The molecule has 1 N–H and O–H groups in total. The molecule has 0 aliphatic rings. The third-order valence-electron chi connectivity index (χ3n) is 7.31. The van der Waals surface area contributed by atoms with Gasteiger partial charge in [0.1, 0.15) is 6.10 Å². The molecule has 0 heterocycles. The van der Waals surface area contributed by atoms with Gasteiger partial charge in [-0.05, 0) is 51.4 Å². The van der Waals surface area contributed by atoms with Crippen LogP contribution in [0.4, 0.5) is 0 Å². The van der Waals surface area contributed by atoms with E-state index in [4.69, 9.17) is 9.84 Å². The van der Waals surface area contributed by atoms with E-state index in [0.717, 1.165) is 19.3 Å². The van der Waals surface area contributed by atoms with Gasteiger partial charge in [-0.15, -0.1) is 0 Å². The van der Waals surface area contributed by atoms with Crippen molar-refractivity contribution in [1.29, 1.82) is 0 Å². The Labute approximate surface area is 230 Å². The Balaban J connectivity index is 3.31. The minimum absolute atomic E-state index is 0.124. The number of carbonyl (C=O) groups excluding carboxylic acids is 1.